The number of hydrogen-bond acceptors (Lipinski definition) is 3. The highest BCUT2D eigenvalue weighted by molar-refractivity contribution is 5.95. The fourth-order valence-corrected chi connectivity index (χ4v) is 0.384. The van der Waals surface area contributed by atoms with Crippen molar-refractivity contribution in [3.63, 3.8) is 0 Å². The molecule has 0 aromatic heterocycles. The van der Waals surface area contributed by atoms with Crippen molar-refractivity contribution in [1.82, 2.24) is 0 Å². The number of nitrogens with two attached hydrogens (primary N) is 1. The van der Waals surface area contributed by atoms with Gasteiger partial charge in [0, 0.05) is 0 Å². The molecule has 7 heavy (non-hydrogen) atoms. The Kier molecular flexibility index (Phi) is 0.817. The van der Waals surface area contributed by atoms with Crippen LogP contribution in [-0.2, 0) is 0 Å². The van der Waals surface area contributed by atoms with E-state index in [-0.39, 0.29) is 6.04 Å². The molecule has 38 valence electrons. The Morgan fingerprint density at radius 2 is 2.57 bits per heavy atom. The first-order chi connectivity index (χ1) is 3.30. The third kappa shape index (κ3) is 0.607. The van der Waals surface area contributed by atoms with E-state index < -0.39 is 0 Å². The molecule has 2 N–H and O–H groups in total. The summed E-state index contributed by atoms with van der Waals surface area (Å²) in [6.07, 6.45) is 1.49. The summed E-state index contributed by atoms with van der Waals surface area (Å²) in [6.45, 7) is 1.91. The number of rotatable bonds is 0. The van der Waals surface area contributed by atoms with Gasteiger partial charge in [-0.05, 0) is 6.92 Å². The van der Waals surface area contributed by atoms with Gasteiger partial charge in [-0.2, -0.15) is 0 Å². The molecular formula is C4H7N3. The van der Waals surface area contributed by atoms with Gasteiger partial charge in [0.1, 0.15) is 18.2 Å². The molecule has 0 saturated heterocycles. The smallest absolute Gasteiger partial charge is 0.125 e. The highest BCUT2D eigenvalue weighted by Crippen LogP contribution is 1.93. The third-order valence-electron chi connectivity index (χ3n) is 0.925. The van der Waals surface area contributed by atoms with Crippen molar-refractivity contribution in [1.29, 1.82) is 0 Å². The molecule has 1 heterocycles. The lowest BCUT2D eigenvalue weighted by Gasteiger charge is -1.93. The Bertz CT molecular complexity index is 125. The van der Waals surface area contributed by atoms with Gasteiger partial charge in [-0.1, -0.05) is 0 Å². The van der Waals surface area contributed by atoms with Crippen molar-refractivity contribution >= 4 is 12.2 Å². The molecule has 0 bridgehead atoms. The molecule has 1 aliphatic heterocycles. The van der Waals surface area contributed by atoms with E-state index in [0.717, 1.165) is 0 Å². The molecular weight excluding hydrogens is 90.1 g/mol. The first-order valence-electron chi connectivity index (χ1n) is 2.15. The summed E-state index contributed by atoms with van der Waals surface area (Å²) in [6, 6.07) is 0.111. The summed E-state index contributed by atoms with van der Waals surface area (Å²) in [7, 11) is 0. The van der Waals surface area contributed by atoms with E-state index in [2.05, 4.69) is 9.98 Å². The zero-order valence-corrected chi connectivity index (χ0v) is 4.13. The maximum Gasteiger partial charge on any atom is 0.125 e. The van der Waals surface area contributed by atoms with Crippen LogP contribution in [-0.4, -0.2) is 18.2 Å². The van der Waals surface area contributed by atoms with Crippen LogP contribution >= 0.6 is 0 Å². The van der Waals surface area contributed by atoms with Gasteiger partial charge in [-0.3, -0.25) is 4.99 Å². The van der Waals surface area contributed by atoms with Crippen LogP contribution < -0.4 is 5.73 Å². The van der Waals surface area contributed by atoms with Crippen molar-refractivity contribution in [2.45, 2.75) is 13.0 Å². The van der Waals surface area contributed by atoms with Crippen molar-refractivity contribution in [3.8, 4) is 0 Å². The number of nitrogens with zero attached hydrogens (tertiary/aromatic N) is 2. The Balaban J connectivity index is 2.69. The second-order valence-corrected chi connectivity index (χ2v) is 1.49. The molecule has 0 unspecified atom stereocenters. The average molecular weight is 97.1 g/mol. The molecule has 0 radical (unpaired) electrons. The van der Waals surface area contributed by atoms with E-state index in [1.165, 1.54) is 6.34 Å². The molecule has 0 aliphatic carbocycles. The fourth-order valence-electron chi connectivity index (χ4n) is 0.384. The van der Waals surface area contributed by atoms with Crippen LogP contribution in [0.3, 0.4) is 0 Å². The number of aliphatic imine (C=N–C) groups is 2. The summed E-state index contributed by atoms with van der Waals surface area (Å²) in [5.41, 5.74) is 5.30. The Morgan fingerprint density at radius 3 is 2.71 bits per heavy atom. The van der Waals surface area contributed by atoms with E-state index in [1.807, 2.05) is 6.92 Å². The zero-order valence-electron chi connectivity index (χ0n) is 4.13. The molecule has 0 fully saturated rings. The molecule has 1 rings (SSSR count). The zero-order chi connectivity index (χ0) is 5.28. The summed E-state index contributed by atoms with van der Waals surface area (Å²) in [5, 5.41) is 0. The summed E-state index contributed by atoms with van der Waals surface area (Å²) >= 11 is 0. The van der Waals surface area contributed by atoms with Crippen LogP contribution in [0.1, 0.15) is 6.92 Å². The van der Waals surface area contributed by atoms with E-state index in [0.29, 0.717) is 5.84 Å². The van der Waals surface area contributed by atoms with Gasteiger partial charge >= 0.3 is 0 Å². The first kappa shape index (κ1) is 4.30. The van der Waals surface area contributed by atoms with Crippen molar-refractivity contribution in [2.75, 3.05) is 0 Å². The lowest BCUT2D eigenvalue weighted by molar-refractivity contribution is 0.992. The molecule has 0 amide bonds. The Morgan fingerprint density at radius 1 is 1.86 bits per heavy atom. The first-order valence-corrected chi connectivity index (χ1v) is 2.15. The van der Waals surface area contributed by atoms with Crippen LogP contribution in [0.25, 0.3) is 0 Å². The second-order valence-electron chi connectivity index (χ2n) is 1.49. The maximum atomic E-state index is 5.30. The molecule has 3 nitrogen and oxygen atoms in total. The van der Waals surface area contributed by atoms with Crippen LogP contribution in [0, 0.1) is 0 Å². The van der Waals surface area contributed by atoms with Gasteiger partial charge in [0.15, 0.2) is 0 Å². The normalized spacial score (nSPS) is 28.1. The molecule has 3 heteroatoms. The molecule has 0 aromatic rings. The lowest BCUT2D eigenvalue weighted by Crippen LogP contribution is -2.20. The third-order valence-corrected chi connectivity index (χ3v) is 0.925. The minimum atomic E-state index is 0.111. The standard InChI is InChI=1S/C4H7N3/c1-3-4(5)7-2-6-3/h2-3H,1H3,(H2,5,6,7)/t3-/m1/s1. The van der Waals surface area contributed by atoms with Crippen LogP contribution in [0.5, 0.6) is 0 Å². The monoisotopic (exact) mass is 97.1 g/mol. The van der Waals surface area contributed by atoms with Gasteiger partial charge in [0.2, 0.25) is 0 Å². The van der Waals surface area contributed by atoms with E-state index in [4.69, 9.17) is 5.73 Å². The number of amidine groups is 1. The average Bonchev–Trinajstić information content (AvgIpc) is 1.91. The van der Waals surface area contributed by atoms with Gasteiger partial charge in [0.25, 0.3) is 0 Å². The highest BCUT2D eigenvalue weighted by atomic mass is 15.0. The minimum absolute atomic E-state index is 0.111. The number of hydrogen-bond donors (Lipinski definition) is 1. The quantitative estimate of drug-likeness (QED) is 0.446. The van der Waals surface area contributed by atoms with Gasteiger partial charge in [-0.15, -0.1) is 0 Å². The summed E-state index contributed by atoms with van der Waals surface area (Å²) in [5.74, 6) is 0.611. The van der Waals surface area contributed by atoms with E-state index >= 15 is 0 Å². The molecule has 1 atom stereocenters. The van der Waals surface area contributed by atoms with Crippen molar-refractivity contribution < 1.29 is 0 Å². The second kappa shape index (κ2) is 1.33. The van der Waals surface area contributed by atoms with Crippen molar-refractivity contribution in [3.05, 3.63) is 0 Å². The van der Waals surface area contributed by atoms with Gasteiger partial charge in [-0.25, -0.2) is 4.99 Å². The van der Waals surface area contributed by atoms with Gasteiger partial charge < -0.3 is 5.73 Å². The molecule has 0 spiro atoms. The summed E-state index contributed by atoms with van der Waals surface area (Å²) in [4.78, 5) is 7.58. The van der Waals surface area contributed by atoms with Crippen LogP contribution in [0.15, 0.2) is 9.98 Å². The lowest BCUT2D eigenvalue weighted by atomic mass is 10.3. The van der Waals surface area contributed by atoms with Crippen molar-refractivity contribution in [2.24, 2.45) is 15.7 Å². The minimum Gasteiger partial charge on any atom is -0.385 e. The molecule has 0 saturated carbocycles. The summed E-state index contributed by atoms with van der Waals surface area (Å²) < 4.78 is 0. The van der Waals surface area contributed by atoms with E-state index in [9.17, 15) is 0 Å². The van der Waals surface area contributed by atoms with E-state index in [1.54, 1.807) is 0 Å². The SMILES string of the molecule is C[C@H]1N=CN=C1N. The van der Waals surface area contributed by atoms with Gasteiger partial charge in [0.05, 0.1) is 0 Å². The fraction of sp³-hybridized carbons (Fsp3) is 0.500. The van der Waals surface area contributed by atoms with Crippen LogP contribution in [0.4, 0.5) is 0 Å². The molecule has 1 aliphatic rings. The Labute approximate surface area is 42.0 Å². The predicted molar refractivity (Wildman–Crippen MR) is 29.6 cm³/mol. The highest BCUT2D eigenvalue weighted by Gasteiger charge is 2.05. The molecule has 0 aromatic carbocycles. The topological polar surface area (TPSA) is 50.7 Å². The Hall–Kier alpha value is -0.860. The maximum absolute atomic E-state index is 5.30. The van der Waals surface area contributed by atoms with Crippen LogP contribution in [0.2, 0.25) is 0 Å². The predicted octanol–water partition coefficient (Wildman–Crippen LogP) is -0.226. The largest absolute Gasteiger partial charge is 0.385 e.